The maximum absolute atomic E-state index is 12.9. The lowest BCUT2D eigenvalue weighted by molar-refractivity contribution is -0.140. The standard InChI is InChI=1S/C15H28N4O2/c1-3-5-15(6-4-7-17-15)14(21)19-10-8-18(9-11-19)12-13(20)16-2/h17H,3-12H2,1-2H3,(H,16,20). The molecule has 2 aliphatic rings. The van der Waals surface area contributed by atoms with Gasteiger partial charge in [-0.15, -0.1) is 0 Å². The smallest absolute Gasteiger partial charge is 0.242 e. The van der Waals surface area contributed by atoms with Crippen LogP contribution in [0.5, 0.6) is 0 Å². The summed E-state index contributed by atoms with van der Waals surface area (Å²) in [6, 6.07) is 0. The molecule has 2 N–H and O–H groups in total. The van der Waals surface area contributed by atoms with Gasteiger partial charge in [0.1, 0.15) is 0 Å². The molecule has 0 saturated carbocycles. The first-order valence-corrected chi connectivity index (χ1v) is 8.08. The average molecular weight is 296 g/mol. The second-order valence-electron chi connectivity index (χ2n) is 6.10. The number of carbonyl (C=O) groups is 2. The number of nitrogens with one attached hydrogen (secondary N) is 2. The van der Waals surface area contributed by atoms with E-state index in [9.17, 15) is 9.59 Å². The van der Waals surface area contributed by atoms with Crippen LogP contribution >= 0.6 is 0 Å². The molecule has 2 amide bonds. The number of hydrogen-bond acceptors (Lipinski definition) is 4. The van der Waals surface area contributed by atoms with Crippen molar-refractivity contribution in [3.05, 3.63) is 0 Å². The molecule has 0 radical (unpaired) electrons. The Balaban J connectivity index is 1.89. The summed E-state index contributed by atoms with van der Waals surface area (Å²) in [5.41, 5.74) is -0.322. The molecule has 21 heavy (non-hydrogen) atoms. The van der Waals surface area contributed by atoms with E-state index in [4.69, 9.17) is 0 Å². The van der Waals surface area contributed by atoms with Gasteiger partial charge in [0.2, 0.25) is 11.8 Å². The third-order valence-electron chi connectivity index (χ3n) is 4.64. The fraction of sp³-hybridized carbons (Fsp3) is 0.867. The zero-order valence-corrected chi connectivity index (χ0v) is 13.3. The van der Waals surface area contributed by atoms with E-state index in [2.05, 4.69) is 22.5 Å². The summed E-state index contributed by atoms with van der Waals surface area (Å²) in [5.74, 6) is 0.302. The number of piperazine rings is 1. The van der Waals surface area contributed by atoms with E-state index in [0.717, 1.165) is 58.4 Å². The fourth-order valence-corrected chi connectivity index (χ4v) is 3.43. The van der Waals surface area contributed by atoms with E-state index >= 15 is 0 Å². The highest BCUT2D eigenvalue weighted by atomic mass is 16.2. The lowest BCUT2D eigenvalue weighted by Gasteiger charge is -2.39. The maximum atomic E-state index is 12.9. The first-order chi connectivity index (χ1) is 10.1. The van der Waals surface area contributed by atoms with Gasteiger partial charge in [0, 0.05) is 33.2 Å². The van der Waals surface area contributed by atoms with E-state index in [0.29, 0.717) is 6.54 Å². The molecule has 0 aliphatic carbocycles. The largest absolute Gasteiger partial charge is 0.358 e. The third-order valence-corrected chi connectivity index (χ3v) is 4.64. The van der Waals surface area contributed by atoms with Crippen LogP contribution in [-0.2, 0) is 9.59 Å². The quantitative estimate of drug-likeness (QED) is 0.737. The van der Waals surface area contributed by atoms with E-state index < -0.39 is 0 Å². The molecular formula is C15H28N4O2. The van der Waals surface area contributed by atoms with Crippen molar-refractivity contribution in [1.29, 1.82) is 0 Å². The van der Waals surface area contributed by atoms with Crippen LogP contribution in [-0.4, -0.2) is 73.5 Å². The monoisotopic (exact) mass is 296 g/mol. The minimum atomic E-state index is -0.322. The van der Waals surface area contributed by atoms with Gasteiger partial charge in [-0.25, -0.2) is 0 Å². The Morgan fingerprint density at radius 1 is 1.24 bits per heavy atom. The fourth-order valence-electron chi connectivity index (χ4n) is 3.43. The molecule has 0 aromatic carbocycles. The minimum absolute atomic E-state index is 0.0367. The Kier molecular flexibility index (Phi) is 5.58. The Bertz CT molecular complexity index is 372. The summed E-state index contributed by atoms with van der Waals surface area (Å²) in [5, 5.41) is 6.09. The maximum Gasteiger partial charge on any atom is 0.242 e. The summed E-state index contributed by atoms with van der Waals surface area (Å²) in [7, 11) is 1.66. The second kappa shape index (κ2) is 7.22. The van der Waals surface area contributed by atoms with Crippen molar-refractivity contribution in [3.63, 3.8) is 0 Å². The number of likely N-dealkylation sites (N-methyl/N-ethyl adjacent to an activating group) is 1. The van der Waals surface area contributed by atoms with Crippen molar-refractivity contribution < 1.29 is 9.59 Å². The van der Waals surface area contributed by atoms with Crippen LogP contribution in [0.25, 0.3) is 0 Å². The Morgan fingerprint density at radius 2 is 1.95 bits per heavy atom. The topological polar surface area (TPSA) is 64.7 Å². The SMILES string of the molecule is CCCC1(C(=O)N2CCN(CC(=O)NC)CC2)CCCN1. The Hall–Kier alpha value is -1.14. The molecule has 0 spiro atoms. The number of amides is 2. The van der Waals surface area contributed by atoms with Crippen LogP contribution in [0.3, 0.4) is 0 Å². The number of rotatable bonds is 5. The highest BCUT2D eigenvalue weighted by molar-refractivity contribution is 5.87. The van der Waals surface area contributed by atoms with Gasteiger partial charge < -0.3 is 15.5 Å². The number of nitrogens with zero attached hydrogens (tertiary/aromatic N) is 2. The van der Waals surface area contributed by atoms with Crippen molar-refractivity contribution >= 4 is 11.8 Å². The lowest BCUT2D eigenvalue weighted by atomic mass is 9.90. The summed E-state index contributed by atoms with van der Waals surface area (Å²) in [6.45, 7) is 6.52. The summed E-state index contributed by atoms with van der Waals surface area (Å²) in [6.07, 6.45) is 3.99. The highest BCUT2D eigenvalue weighted by Crippen LogP contribution is 2.27. The van der Waals surface area contributed by atoms with Crippen molar-refractivity contribution in [2.75, 3.05) is 46.3 Å². The van der Waals surface area contributed by atoms with E-state index in [1.165, 1.54) is 0 Å². The predicted molar refractivity (Wildman–Crippen MR) is 82.0 cm³/mol. The van der Waals surface area contributed by atoms with Gasteiger partial charge in [-0.3, -0.25) is 14.5 Å². The van der Waals surface area contributed by atoms with Gasteiger partial charge in [0.25, 0.3) is 0 Å². The van der Waals surface area contributed by atoms with Crippen LogP contribution in [0.4, 0.5) is 0 Å². The molecule has 2 fully saturated rings. The molecule has 2 rings (SSSR count). The second-order valence-corrected chi connectivity index (χ2v) is 6.10. The molecule has 0 aromatic rings. The first kappa shape index (κ1) is 16.2. The Morgan fingerprint density at radius 3 is 2.48 bits per heavy atom. The van der Waals surface area contributed by atoms with E-state index in [-0.39, 0.29) is 17.4 Å². The molecule has 2 aliphatic heterocycles. The molecule has 2 heterocycles. The molecule has 6 nitrogen and oxygen atoms in total. The van der Waals surface area contributed by atoms with Crippen LogP contribution in [0, 0.1) is 0 Å². The van der Waals surface area contributed by atoms with Gasteiger partial charge >= 0.3 is 0 Å². The van der Waals surface area contributed by atoms with Crippen LogP contribution in [0.15, 0.2) is 0 Å². The molecule has 6 heteroatoms. The average Bonchev–Trinajstić information content (AvgIpc) is 2.97. The summed E-state index contributed by atoms with van der Waals surface area (Å²) in [4.78, 5) is 28.3. The molecule has 120 valence electrons. The van der Waals surface area contributed by atoms with Crippen LogP contribution in [0.1, 0.15) is 32.6 Å². The Labute approximate surface area is 127 Å². The van der Waals surface area contributed by atoms with Crippen molar-refractivity contribution in [3.8, 4) is 0 Å². The molecule has 1 unspecified atom stereocenters. The normalized spacial score (nSPS) is 26.9. The number of carbonyl (C=O) groups excluding carboxylic acids is 2. The van der Waals surface area contributed by atoms with Gasteiger partial charge in [-0.1, -0.05) is 13.3 Å². The predicted octanol–water partition coefficient (Wildman–Crippen LogP) is -0.201. The minimum Gasteiger partial charge on any atom is -0.358 e. The van der Waals surface area contributed by atoms with E-state index in [1.807, 2.05) is 4.90 Å². The van der Waals surface area contributed by atoms with Gasteiger partial charge in [0.05, 0.1) is 12.1 Å². The van der Waals surface area contributed by atoms with Gasteiger partial charge in [-0.05, 0) is 25.8 Å². The van der Waals surface area contributed by atoms with Crippen LogP contribution in [0.2, 0.25) is 0 Å². The van der Waals surface area contributed by atoms with E-state index in [1.54, 1.807) is 7.05 Å². The lowest BCUT2D eigenvalue weighted by Crippen LogP contribution is -2.59. The molecule has 2 saturated heterocycles. The van der Waals surface area contributed by atoms with Gasteiger partial charge in [0.15, 0.2) is 0 Å². The number of hydrogen-bond donors (Lipinski definition) is 2. The van der Waals surface area contributed by atoms with Crippen molar-refractivity contribution in [2.24, 2.45) is 0 Å². The molecule has 0 aromatic heterocycles. The zero-order valence-electron chi connectivity index (χ0n) is 13.3. The molecular weight excluding hydrogens is 268 g/mol. The molecule has 1 atom stereocenters. The zero-order chi connectivity index (χ0) is 15.3. The molecule has 0 bridgehead atoms. The summed E-state index contributed by atoms with van der Waals surface area (Å²) < 4.78 is 0. The third kappa shape index (κ3) is 3.74. The van der Waals surface area contributed by atoms with Crippen molar-refractivity contribution in [1.82, 2.24) is 20.4 Å². The van der Waals surface area contributed by atoms with Crippen LogP contribution < -0.4 is 10.6 Å². The van der Waals surface area contributed by atoms with Gasteiger partial charge in [-0.2, -0.15) is 0 Å². The highest BCUT2D eigenvalue weighted by Gasteiger charge is 2.42. The summed E-state index contributed by atoms with van der Waals surface area (Å²) >= 11 is 0. The van der Waals surface area contributed by atoms with Crippen molar-refractivity contribution in [2.45, 2.75) is 38.1 Å². The first-order valence-electron chi connectivity index (χ1n) is 8.08.